The van der Waals surface area contributed by atoms with Crippen molar-refractivity contribution in [1.82, 2.24) is 15.6 Å². The highest BCUT2D eigenvalue weighted by Crippen LogP contribution is 2.01. The first-order valence-electron chi connectivity index (χ1n) is 7.98. The maximum atomic E-state index is 11.8. The van der Waals surface area contributed by atoms with Gasteiger partial charge in [-0.2, -0.15) is 0 Å². The molecule has 0 saturated heterocycles. The first kappa shape index (κ1) is 21.6. The number of nitrogens with one attached hydrogen (secondary N) is 3. The van der Waals surface area contributed by atoms with Crippen molar-refractivity contribution in [3.05, 3.63) is 24.5 Å². The van der Waals surface area contributed by atoms with Gasteiger partial charge in [-0.1, -0.05) is 26.2 Å². The number of aromatic nitrogens is 1. The van der Waals surface area contributed by atoms with E-state index >= 15 is 0 Å². The van der Waals surface area contributed by atoms with Crippen molar-refractivity contribution in [2.24, 2.45) is 4.99 Å². The normalized spacial score (nSPS) is 10.6. The molecule has 1 rings (SSSR count). The van der Waals surface area contributed by atoms with E-state index in [4.69, 9.17) is 0 Å². The lowest BCUT2D eigenvalue weighted by Crippen LogP contribution is -2.38. The Labute approximate surface area is 156 Å². The number of nitrogens with zero attached hydrogens (tertiary/aromatic N) is 2. The second kappa shape index (κ2) is 14.2. The van der Waals surface area contributed by atoms with E-state index in [1.165, 1.54) is 19.3 Å². The largest absolute Gasteiger partial charge is 0.357 e. The zero-order valence-corrected chi connectivity index (χ0v) is 16.3. The SMILES string of the molecule is CCCCCCNC(=NCC(=O)Nc1cccnc1)NCC.I. The molecule has 0 saturated carbocycles. The van der Waals surface area contributed by atoms with Crippen molar-refractivity contribution in [3.8, 4) is 0 Å². The summed E-state index contributed by atoms with van der Waals surface area (Å²) in [5, 5.41) is 9.14. The summed E-state index contributed by atoms with van der Waals surface area (Å²) in [6, 6.07) is 3.58. The zero-order chi connectivity index (χ0) is 16.0. The van der Waals surface area contributed by atoms with Gasteiger partial charge in [0.05, 0.1) is 11.9 Å². The minimum atomic E-state index is -0.156. The van der Waals surface area contributed by atoms with Crippen molar-refractivity contribution in [1.29, 1.82) is 0 Å². The van der Waals surface area contributed by atoms with Gasteiger partial charge in [0, 0.05) is 19.3 Å². The van der Waals surface area contributed by atoms with Crippen LogP contribution in [-0.2, 0) is 4.79 Å². The number of anilines is 1. The average Bonchev–Trinajstić information content (AvgIpc) is 2.53. The lowest BCUT2D eigenvalue weighted by Gasteiger charge is -2.11. The number of pyridine rings is 1. The number of rotatable bonds is 9. The van der Waals surface area contributed by atoms with E-state index in [0.29, 0.717) is 11.6 Å². The maximum absolute atomic E-state index is 11.8. The van der Waals surface area contributed by atoms with Crippen molar-refractivity contribution in [2.75, 3.05) is 25.0 Å². The Hall–Kier alpha value is -1.38. The van der Waals surface area contributed by atoms with Crippen LogP contribution in [0.1, 0.15) is 39.5 Å². The minimum Gasteiger partial charge on any atom is -0.357 e. The van der Waals surface area contributed by atoms with Crippen LogP contribution in [0, 0.1) is 0 Å². The first-order chi connectivity index (χ1) is 10.8. The molecule has 7 heteroatoms. The Morgan fingerprint density at radius 1 is 1.22 bits per heavy atom. The van der Waals surface area contributed by atoms with E-state index in [2.05, 4.69) is 32.9 Å². The van der Waals surface area contributed by atoms with Crippen molar-refractivity contribution in [2.45, 2.75) is 39.5 Å². The standard InChI is InChI=1S/C16H27N5O.HI/c1-3-5-6-7-11-19-16(18-4-2)20-13-15(22)21-14-9-8-10-17-12-14;/h8-10,12H,3-7,11,13H2,1-2H3,(H,21,22)(H2,18,19,20);1H. The summed E-state index contributed by atoms with van der Waals surface area (Å²) in [7, 11) is 0. The summed E-state index contributed by atoms with van der Waals surface area (Å²) in [4.78, 5) is 20.1. The van der Waals surface area contributed by atoms with E-state index < -0.39 is 0 Å². The Balaban J connectivity index is 0.00000484. The molecule has 130 valence electrons. The van der Waals surface area contributed by atoms with Crippen LogP contribution in [0.4, 0.5) is 5.69 Å². The predicted molar refractivity (Wildman–Crippen MR) is 106 cm³/mol. The molecule has 0 unspecified atom stereocenters. The fraction of sp³-hybridized carbons (Fsp3) is 0.562. The minimum absolute atomic E-state index is 0. The molecule has 1 aromatic heterocycles. The molecule has 1 aromatic rings. The molecule has 0 aliphatic rings. The molecule has 0 spiro atoms. The third-order valence-electron chi connectivity index (χ3n) is 2.99. The summed E-state index contributed by atoms with van der Waals surface area (Å²) in [6.45, 7) is 5.92. The monoisotopic (exact) mass is 433 g/mol. The number of hydrogen-bond acceptors (Lipinski definition) is 3. The number of carbonyl (C=O) groups excluding carboxylic acids is 1. The fourth-order valence-corrected chi connectivity index (χ4v) is 1.89. The summed E-state index contributed by atoms with van der Waals surface area (Å²) in [5.74, 6) is 0.525. The van der Waals surface area contributed by atoms with E-state index in [-0.39, 0.29) is 36.4 Å². The maximum Gasteiger partial charge on any atom is 0.246 e. The fourth-order valence-electron chi connectivity index (χ4n) is 1.89. The molecule has 0 bridgehead atoms. The highest BCUT2D eigenvalue weighted by Gasteiger charge is 2.02. The summed E-state index contributed by atoms with van der Waals surface area (Å²) in [5.41, 5.74) is 0.681. The van der Waals surface area contributed by atoms with Gasteiger partial charge in [0.15, 0.2) is 5.96 Å². The summed E-state index contributed by atoms with van der Waals surface area (Å²) >= 11 is 0. The lowest BCUT2D eigenvalue weighted by atomic mass is 10.2. The Bertz CT molecular complexity index is 453. The van der Waals surface area contributed by atoms with Gasteiger partial charge >= 0.3 is 0 Å². The number of guanidine groups is 1. The molecule has 0 fully saturated rings. The molecule has 1 heterocycles. The molecule has 0 atom stereocenters. The molecule has 3 N–H and O–H groups in total. The summed E-state index contributed by atoms with van der Waals surface area (Å²) < 4.78 is 0. The number of carbonyl (C=O) groups is 1. The number of halogens is 1. The second-order valence-electron chi connectivity index (χ2n) is 4.97. The highest BCUT2D eigenvalue weighted by atomic mass is 127. The molecule has 6 nitrogen and oxygen atoms in total. The van der Waals surface area contributed by atoms with Crippen molar-refractivity contribution < 1.29 is 4.79 Å². The molecule has 1 amide bonds. The Morgan fingerprint density at radius 3 is 2.70 bits per heavy atom. The number of aliphatic imine (C=N–C) groups is 1. The van der Waals surface area contributed by atoms with E-state index in [9.17, 15) is 4.79 Å². The summed E-state index contributed by atoms with van der Waals surface area (Å²) in [6.07, 6.45) is 8.08. The van der Waals surface area contributed by atoms with Gasteiger partial charge in [0.2, 0.25) is 5.91 Å². The van der Waals surface area contributed by atoms with Crippen LogP contribution in [-0.4, -0.2) is 36.5 Å². The van der Waals surface area contributed by atoms with Crippen LogP contribution < -0.4 is 16.0 Å². The second-order valence-corrected chi connectivity index (χ2v) is 4.97. The predicted octanol–water partition coefficient (Wildman–Crippen LogP) is 2.77. The van der Waals surface area contributed by atoms with Gasteiger partial charge in [-0.15, -0.1) is 24.0 Å². The Morgan fingerprint density at radius 2 is 2.04 bits per heavy atom. The van der Waals surface area contributed by atoms with Gasteiger partial charge in [-0.3, -0.25) is 9.78 Å². The molecule has 0 aromatic carbocycles. The van der Waals surface area contributed by atoms with Gasteiger partial charge in [0.1, 0.15) is 6.54 Å². The van der Waals surface area contributed by atoms with Crippen LogP contribution in [0.2, 0.25) is 0 Å². The van der Waals surface area contributed by atoms with Gasteiger partial charge in [0.25, 0.3) is 0 Å². The Kier molecular flexibility index (Phi) is 13.4. The van der Waals surface area contributed by atoms with E-state index in [1.807, 2.05) is 6.92 Å². The lowest BCUT2D eigenvalue weighted by molar-refractivity contribution is -0.114. The van der Waals surface area contributed by atoms with Crippen molar-refractivity contribution in [3.63, 3.8) is 0 Å². The van der Waals surface area contributed by atoms with E-state index in [0.717, 1.165) is 19.5 Å². The van der Waals surface area contributed by atoms with Crippen LogP contribution >= 0.6 is 24.0 Å². The van der Waals surface area contributed by atoms with Gasteiger partial charge in [-0.05, 0) is 25.5 Å². The van der Waals surface area contributed by atoms with Gasteiger partial charge in [-0.25, -0.2) is 4.99 Å². The first-order valence-corrected chi connectivity index (χ1v) is 7.98. The highest BCUT2D eigenvalue weighted by molar-refractivity contribution is 14.0. The molecule has 0 aliphatic heterocycles. The van der Waals surface area contributed by atoms with Crippen LogP contribution in [0.25, 0.3) is 0 Å². The molecular formula is C16H28IN5O. The third-order valence-corrected chi connectivity index (χ3v) is 2.99. The molecule has 0 aliphatic carbocycles. The molecule has 23 heavy (non-hydrogen) atoms. The smallest absolute Gasteiger partial charge is 0.246 e. The quantitative estimate of drug-likeness (QED) is 0.242. The van der Waals surface area contributed by atoms with Crippen LogP contribution in [0.5, 0.6) is 0 Å². The third kappa shape index (κ3) is 10.9. The topological polar surface area (TPSA) is 78.4 Å². The number of amides is 1. The van der Waals surface area contributed by atoms with Gasteiger partial charge < -0.3 is 16.0 Å². The number of hydrogen-bond donors (Lipinski definition) is 3. The zero-order valence-electron chi connectivity index (χ0n) is 14.0. The molecular weight excluding hydrogens is 405 g/mol. The molecule has 0 radical (unpaired) electrons. The van der Waals surface area contributed by atoms with Crippen LogP contribution in [0.15, 0.2) is 29.5 Å². The average molecular weight is 433 g/mol. The van der Waals surface area contributed by atoms with Crippen molar-refractivity contribution >= 4 is 41.5 Å². The van der Waals surface area contributed by atoms with E-state index in [1.54, 1.807) is 24.5 Å². The van der Waals surface area contributed by atoms with Crippen LogP contribution in [0.3, 0.4) is 0 Å². The number of unbranched alkanes of at least 4 members (excludes halogenated alkanes) is 3.